The summed E-state index contributed by atoms with van der Waals surface area (Å²) in [6.07, 6.45) is 9.28. The molecule has 6 rings (SSSR count). The Balaban J connectivity index is 0.000000214. The molecule has 0 atom stereocenters. The number of hydrogen-bond donors (Lipinski definition) is 3. The highest BCUT2D eigenvalue weighted by Crippen LogP contribution is 2.20. The Morgan fingerprint density at radius 3 is 1.77 bits per heavy atom. The lowest BCUT2D eigenvalue weighted by Crippen LogP contribution is -2.12. The summed E-state index contributed by atoms with van der Waals surface area (Å²) in [6, 6.07) is 11.4. The van der Waals surface area contributed by atoms with E-state index in [1.54, 1.807) is 49.8 Å². The second kappa shape index (κ2) is 16.6. The van der Waals surface area contributed by atoms with Crippen LogP contribution in [0.2, 0.25) is 0 Å². The molecule has 0 saturated heterocycles. The maximum atomic E-state index is 12.2. The van der Waals surface area contributed by atoms with Gasteiger partial charge in [-0.3, -0.25) is 14.2 Å². The molecule has 6 aromatic heterocycles. The number of pyridine rings is 2. The first kappa shape index (κ1) is 32.1. The summed E-state index contributed by atoms with van der Waals surface area (Å²) in [5.74, 6) is 1.16. The number of nitrogens with one attached hydrogen (secondary N) is 1. The van der Waals surface area contributed by atoms with Gasteiger partial charge in [0.1, 0.15) is 35.7 Å². The molecule has 6 heterocycles. The number of amides is 1. The van der Waals surface area contributed by atoms with Gasteiger partial charge in [0.2, 0.25) is 0 Å². The molecule has 18 heteroatoms. The predicted octanol–water partition coefficient (Wildman–Crippen LogP) is 3.59. The highest BCUT2D eigenvalue weighted by molar-refractivity contribution is 6.92. The molecule has 0 spiro atoms. The SMILES string of the molecule is CC(C)n1cnnc1-c1cccc(N)n1.CC(C)n1cnnc1-c1cccc(NC(=O)c2cnn(C)c2)n1.Cn1cc(C(=O)O)cn1.[3H]P([3H])[3H]. The molecule has 6 aromatic rings. The molecule has 0 aliphatic heterocycles. The van der Waals surface area contributed by atoms with Crippen molar-refractivity contribution in [2.75, 3.05) is 11.1 Å². The molecule has 0 aromatic carbocycles. The summed E-state index contributed by atoms with van der Waals surface area (Å²) in [5.41, 5.74) is 7.72. The van der Waals surface area contributed by atoms with Crippen molar-refractivity contribution in [1.29, 1.82) is 3.84 Å². The van der Waals surface area contributed by atoms with Crippen molar-refractivity contribution in [3.63, 3.8) is 0 Å². The van der Waals surface area contributed by atoms with E-state index < -0.39 is 15.7 Å². The van der Waals surface area contributed by atoms with Crippen LogP contribution in [0.4, 0.5) is 11.6 Å². The maximum absolute atomic E-state index is 12.2. The van der Waals surface area contributed by atoms with Crippen LogP contribution in [0.3, 0.4) is 0 Å². The molecular formula is C30H39N14O3P. The zero-order valence-electron chi connectivity index (χ0n) is 30.2. The number of anilines is 2. The molecule has 0 bridgehead atoms. The Labute approximate surface area is 283 Å². The van der Waals surface area contributed by atoms with Crippen LogP contribution < -0.4 is 11.1 Å². The third-order valence-corrected chi connectivity index (χ3v) is 6.40. The van der Waals surface area contributed by atoms with E-state index in [2.05, 4.69) is 59.7 Å². The first-order chi connectivity index (χ1) is 24.2. The van der Waals surface area contributed by atoms with Gasteiger partial charge < -0.3 is 25.3 Å². The van der Waals surface area contributed by atoms with E-state index in [1.807, 2.05) is 47.2 Å². The summed E-state index contributed by atoms with van der Waals surface area (Å²) in [4.78, 5) is 31.0. The summed E-state index contributed by atoms with van der Waals surface area (Å²) in [7, 11) is 1.56. The highest BCUT2D eigenvalue weighted by Gasteiger charge is 2.14. The first-order valence-electron chi connectivity index (χ1n) is 15.8. The van der Waals surface area contributed by atoms with E-state index in [9.17, 15) is 9.59 Å². The fourth-order valence-corrected chi connectivity index (χ4v) is 4.07. The molecule has 0 aliphatic carbocycles. The number of carbonyl (C=O) groups excluding carboxylic acids is 1. The van der Waals surface area contributed by atoms with Gasteiger partial charge in [0, 0.05) is 38.6 Å². The van der Waals surface area contributed by atoms with Crippen LogP contribution >= 0.6 is 9.73 Å². The number of aromatic nitrogens is 12. The van der Waals surface area contributed by atoms with Gasteiger partial charge in [-0.25, -0.2) is 14.8 Å². The normalized spacial score (nSPS) is 11.2. The van der Waals surface area contributed by atoms with Crippen molar-refractivity contribution in [3.05, 3.63) is 85.0 Å². The predicted molar refractivity (Wildman–Crippen MR) is 184 cm³/mol. The second-order valence-corrected chi connectivity index (χ2v) is 10.7. The lowest BCUT2D eigenvalue weighted by molar-refractivity contribution is 0.0696. The lowest BCUT2D eigenvalue weighted by atomic mass is 10.3. The van der Waals surface area contributed by atoms with Crippen LogP contribution in [0.5, 0.6) is 0 Å². The van der Waals surface area contributed by atoms with E-state index in [0.717, 1.165) is 11.5 Å². The Bertz CT molecular complexity index is 2000. The van der Waals surface area contributed by atoms with E-state index in [-0.39, 0.29) is 17.5 Å². The lowest BCUT2D eigenvalue weighted by Gasteiger charge is -2.10. The Morgan fingerprint density at radius 1 is 0.833 bits per heavy atom. The number of aromatic carboxylic acids is 1. The molecule has 0 saturated carbocycles. The molecule has 4 N–H and O–H groups in total. The van der Waals surface area contributed by atoms with E-state index in [1.165, 1.54) is 23.3 Å². The van der Waals surface area contributed by atoms with Crippen LogP contribution in [0.15, 0.2) is 73.8 Å². The van der Waals surface area contributed by atoms with Gasteiger partial charge in [0.25, 0.3) is 5.91 Å². The van der Waals surface area contributed by atoms with Gasteiger partial charge in [-0.15, -0.1) is 20.4 Å². The van der Waals surface area contributed by atoms with Gasteiger partial charge >= 0.3 is 5.97 Å². The first-order valence-corrected chi connectivity index (χ1v) is 14.4. The Kier molecular flexibility index (Phi) is 11.1. The Hall–Kier alpha value is -5.83. The number of rotatable bonds is 7. The number of carbonyl (C=O) groups is 2. The molecule has 0 aliphatic rings. The number of nitrogens with zero attached hydrogens (tertiary/aromatic N) is 12. The number of carboxylic acids is 1. The van der Waals surface area contributed by atoms with E-state index >= 15 is 0 Å². The molecule has 1 amide bonds. The van der Waals surface area contributed by atoms with Gasteiger partial charge in [-0.2, -0.15) is 19.9 Å². The van der Waals surface area contributed by atoms with Crippen LogP contribution in [-0.4, -0.2) is 79.9 Å². The quantitative estimate of drug-likeness (QED) is 0.206. The van der Waals surface area contributed by atoms with E-state index in [4.69, 9.17) is 14.7 Å². The molecule has 48 heavy (non-hydrogen) atoms. The van der Waals surface area contributed by atoms with E-state index in [0.29, 0.717) is 34.8 Å². The fourth-order valence-electron chi connectivity index (χ4n) is 4.07. The zero-order chi connectivity index (χ0) is 37.7. The largest absolute Gasteiger partial charge is 0.478 e. The monoisotopic (exact) mass is 680 g/mol. The molecule has 0 unspecified atom stereocenters. The standard InChI is InChI=1S/C15H17N7O.C10H13N5.C5H6N2O2.H3P/c1-10(2)22-9-16-20-14(22)12-5-4-6-13(18-12)19-15(23)11-7-17-21(3)8-11;1-7(2)15-6-12-14-10(15)8-4-3-5-9(11)13-8;1-7-3-4(2-6-7)5(8)9;/h4-10H,1-3H3,(H,18,19,23);3-7H,1-2H3,(H2,11,13);2-3H,1H3,(H,8,9);1H3/i;;;1T3. The third kappa shape index (κ3) is 9.59. The second-order valence-electron chi connectivity index (χ2n) is 10.7. The number of carboxylic acid groups (broad SMARTS) is 1. The van der Waals surface area contributed by atoms with Gasteiger partial charge in [0.05, 0.1) is 27.4 Å². The van der Waals surface area contributed by atoms with Crippen molar-refractivity contribution < 1.29 is 14.7 Å². The topological polar surface area (TPSA) is 215 Å². The number of nitrogens with two attached hydrogens (primary N) is 1. The van der Waals surface area contributed by atoms with Crippen LogP contribution in [0.25, 0.3) is 23.0 Å². The van der Waals surface area contributed by atoms with Crippen molar-refractivity contribution in [2.45, 2.75) is 39.8 Å². The van der Waals surface area contributed by atoms with Crippen LogP contribution in [-0.2, 0) is 14.1 Å². The van der Waals surface area contributed by atoms with Gasteiger partial charge in [-0.1, -0.05) is 12.1 Å². The molecule has 0 fully saturated rings. The Morgan fingerprint density at radius 2 is 1.33 bits per heavy atom. The minimum absolute atomic E-state index is 0.218. The minimum Gasteiger partial charge on any atom is -0.478 e. The highest BCUT2D eigenvalue weighted by atomic mass is 31.0. The average Bonchev–Trinajstić information content (AvgIpc) is 3.89. The summed E-state index contributed by atoms with van der Waals surface area (Å²) in [5, 5.41) is 34.7. The van der Waals surface area contributed by atoms with Crippen molar-refractivity contribution in [1.82, 2.24) is 59.1 Å². The average molecular weight is 681 g/mol. The van der Waals surface area contributed by atoms with Crippen molar-refractivity contribution in [3.8, 4) is 23.0 Å². The fraction of sp³-hybridized carbons (Fsp3) is 0.267. The third-order valence-electron chi connectivity index (χ3n) is 6.40. The van der Waals surface area contributed by atoms with Gasteiger partial charge in [0.15, 0.2) is 11.6 Å². The molecular weight excluding hydrogens is 635 g/mol. The summed E-state index contributed by atoms with van der Waals surface area (Å²) >= 11 is 0. The number of nitrogen functional groups attached to an aromatic ring is 1. The molecule has 252 valence electrons. The molecule has 17 nitrogen and oxygen atoms in total. The van der Waals surface area contributed by atoms with Crippen LogP contribution in [0, 0.1) is 0 Å². The van der Waals surface area contributed by atoms with Crippen molar-refractivity contribution >= 4 is 33.2 Å². The number of hydrogen-bond acceptors (Lipinski definition) is 11. The summed E-state index contributed by atoms with van der Waals surface area (Å²) in [6.45, 7) is 8.22. The van der Waals surface area contributed by atoms with Gasteiger partial charge in [-0.05, 0) is 52.0 Å². The zero-order valence-corrected chi connectivity index (χ0v) is 28.1. The molecule has 0 radical (unpaired) electrons. The smallest absolute Gasteiger partial charge is 0.338 e. The van der Waals surface area contributed by atoms with Crippen LogP contribution in [0.1, 0.15) is 60.5 Å². The summed E-state index contributed by atoms with van der Waals surface area (Å²) < 4.78 is 24.9. The van der Waals surface area contributed by atoms with Crippen molar-refractivity contribution in [2.24, 2.45) is 14.1 Å². The minimum atomic E-state index is -1.87. The number of aryl methyl sites for hydroxylation is 2. The maximum Gasteiger partial charge on any atom is 0.338 e.